The Hall–Kier alpha value is -2.03. The van der Waals surface area contributed by atoms with Gasteiger partial charge < -0.3 is 15.4 Å². The number of ether oxygens (including phenoxy) is 1. The Labute approximate surface area is 161 Å². The third-order valence-corrected chi connectivity index (χ3v) is 5.79. The van der Waals surface area contributed by atoms with Gasteiger partial charge in [0.2, 0.25) is 0 Å². The largest absolute Gasteiger partial charge is 0.384 e. The van der Waals surface area contributed by atoms with Crippen molar-refractivity contribution in [1.82, 2.24) is 15.1 Å². The van der Waals surface area contributed by atoms with Gasteiger partial charge in [-0.1, -0.05) is 12.1 Å². The lowest BCUT2D eigenvalue weighted by atomic mass is 10.1. The number of amides is 1. The SMILES string of the molecule is COCCS(=O)Cc1cccc(NC(=O)c2ccn(C3CCCNC3)n2)c1. The fourth-order valence-corrected chi connectivity index (χ4v) is 4.14. The average molecular weight is 391 g/mol. The second-order valence-corrected chi connectivity index (χ2v) is 8.19. The lowest BCUT2D eigenvalue weighted by Gasteiger charge is -2.22. The summed E-state index contributed by atoms with van der Waals surface area (Å²) in [6.45, 7) is 2.39. The smallest absolute Gasteiger partial charge is 0.276 e. The second kappa shape index (κ2) is 9.77. The molecule has 146 valence electrons. The van der Waals surface area contributed by atoms with Gasteiger partial charge in [-0.2, -0.15) is 5.10 Å². The number of aromatic nitrogens is 2. The van der Waals surface area contributed by atoms with Crippen molar-refractivity contribution in [2.75, 3.05) is 37.9 Å². The molecule has 8 heteroatoms. The molecule has 0 aliphatic carbocycles. The van der Waals surface area contributed by atoms with Crippen molar-refractivity contribution in [3.05, 3.63) is 47.8 Å². The van der Waals surface area contributed by atoms with Crippen LogP contribution in [0, 0.1) is 0 Å². The standard InChI is InChI=1S/C19H26N4O3S/c1-26-10-11-27(25)14-15-4-2-5-16(12-15)21-19(24)18-7-9-23(22-18)17-6-3-8-20-13-17/h2,4-5,7,9,12,17,20H,3,6,8,10-11,13-14H2,1H3,(H,21,24). The van der Waals surface area contributed by atoms with E-state index in [0.717, 1.165) is 31.5 Å². The van der Waals surface area contributed by atoms with Gasteiger partial charge in [0.15, 0.2) is 5.69 Å². The van der Waals surface area contributed by atoms with Crippen LogP contribution in [0.4, 0.5) is 5.69 Å². The first-order valence-corrected chi connectivity index (χ1v) is 10.6. The molecule has 2 N–H and O–H groups in total. The Morgan fingerprint density at radius 2 is 2.33 bits per heavy atom. The van der Waals surface area contributed by atoms with E-state index >= 15 is 0 Å². The highest BCUT2D eigenvalue weighted by atomic mass is 32.2. The van der Waals surface area contributed by atoms with E-state index in [1.807, 2.05) is 35.1 Å². The number of anilines is 1. The highest BCUT2D eigenvalue weighted by Gasteiger charge is 2.18. The molecule has 1 aliphatic heterocycles. The molecule has 0 spiro atoms. The molecule has 0 saturated carbocycles. The summed E-state index contributed by atoms with van der Waals surface area (Å²) in [7, 11) is 0.610. The van der Waals surface area contributed by atoms with Crippen molar-refractivity contribution < 1.29 is 13.7 Å². The van der Waals surface area contributed by atoms with E-state index in [1.165, 1.54) is 0 Å². The van der Waals surface area contributed by atoms with Crippen LogP contribution in [0.25, 0.3) is 0 Å². The maximum absolute atomic E-state index is 12.5. The summed E-state index contributed by atoms with van der Waals surface area (Å²) in [5, 5.41) is 10.7. The maximum atomic E-state index is 12.5. The van der Waals surface area contributed by atoms with Gasteiger partial charge in [0, 0.05) is 47.8 Å². The van der Waals surface area contributed by atoms with Crippen LogP contribution in [-0.4, -0.2) is 52.5 Å². The van der Waals surface area contributed by atoms with Crippen LogP contribution in [-0.2, 0) is 21.3 Å². The van der Waals surface area contributed by atoms with E-state index < -0.39 is 10.8 Å². The summed E-state index contributed by atoms with van der Waals surface area (Å²) in [4.78, 5) is 12.5. The minimum atomic E-state index is -0.987. The van der Waals surface area contributed by atoms with Crippen molar-refractivity contribution >= 4 is 22.4 Å². The van der Waals surface area contributed by atoms with E-state index in [9.17, 15) is 9.00 Å². The van der Waals surface area contributed by atoms with Crippen molar-refractivity contribution in [1.29, 1.82) is 0 Å². The highest BCUT2D eigenvalue weighted by molar-refractivity contribution is 7.84. The minimum Gasteiger partial charge on any atom is -0.384 e. The quantitative estimate of drug-likeness (QED) is 0.720. The van der Waals surface area contributed by atoms with Crippen LogP contribution in [0.15, 0.2) is 36.5 Å². The maximum Gasteiger partial charge on any atom is 0.276 e. The van der Waals surface area contributed by atoms with Gasteiger partial charge in [-0.05, 0) is 43.1 Å². The van der Waals surface area contributed by atoms with Crippen molar-refractivity contribution in [3.8, 4) is 0 Å². The number of piperidine rings is 1. The highest BCUT2D eigenvalue weighted by Crippen LogP contribution is 2.17. The van der Waals surface area contributed by atoms with Crippen molar-refractivity contribution in [2.24, 2.45) is 0 Å². The van der Waals surface area contributed by atoms with Crippen molar-refractivity contribution in [3.63, 3.8) is 0 Å². The van der Waals surface area contributed by atoms with E-state index in [-0.39, 0.29) is 5.91 Å². The number of carbonyl (C=O) groups excluding carboxylic acids is 1. The van der Waals surface area contributed by atoms with E-state index in [4.69, 9.17) is 4.74 Å². The molecule has 1 aromatic heterocycles. The number of nitrogens with one attached hydrogen (secondary N) is 2. The first kappa shape index (κ1) is 19.7. The van der Waals surface area contributed by atoms with Crippen LogP contribution in [0.3, 0.4) is 0 Å². The zero-order valence-corrected chi connectivity index (χ0v) is 16.3. The predicted molar refractivity (Wildman–Crippen MR) is 106 cm³/mol. The molecule has 3 rings (SSSR count). The van der Waals surface area contributed by atoms with E-state index in [0.29, 0.717) is 35.5 Å². The molecule has 27 heavy (non-hydrogen) atoms. The number of benzene rings is 1. The second-order valence-electron chi connectivity index (χ2n) is 6.62. The Bertz CT molecular complexity index is 787. The Morgan fingerprint density at radius 3 is 3.11 bits per heavy atom. The molecule has 1 saturated heterocycles. The Morgan fingerprint density at radius 1 is 1.44 bits per heavy atom. The molecule has 2 atom stereocenters. The summed E-state index contributed by atoms with van der Waals surface area (Å²) in [5.74, 6) is 0.701. The lowest BCUT2D eigenvalue weighted by molar-refractivity contribution is 0.102. The summed E-state index contributed by atoms with van der Waals surface area (Å²) in [6, 6.07) is 9.47. The van der Waals surface area contributed by atoms with Crippen LogP contribution >= 0.6 is 0 Å². The van der Waals surface area contributed by atoms with Gasteiger partial charge in [0.1, 0.15) is 0 Å². The van der Waals surface area contributed by atoms with Crippen LogP contribution in [0.5, 0.6) is 0 Å². The number of rotatable bonds is 8. The molecular formula is C19H26N4O3S. The third kappa shape index (κ3) is 5.72. The van der Waals surface area contributed by atoms with Gasteiger partial charge in [0.05, 0.1) is 12.6 Å². The molecule has 2 heterocycles. The minimum absolute atomic E-state index is 0.241. The van der Waals surface area contributed by atoms with Gasteiger partial charge >= 0.3 is 0 Å². The van der Waals surface area contributed by atoms with Gasteiger partial charge in [-0.25, -0.2) is 0 Å². The van der Waals surface area contributed by atoms with E-state index in [2.05, 4.69) is 15.7 Å². The molecular weight excluding hydrogens is 364 g/mol. The molecule has 0 bridgehead atoms. The molecule has 2 unspecified atom stereocenters. The Balaban J connectivity index is 1.60. The first-order valence-electron chi connectivity index (χ1n) is 9.16. The molecule has 1 amide bonds. The van der Waals surface area contributed by atoms with Crippen LogP contribution < -0.4 is 10.6 Å². The van der Waals surface area contributed by atoms with Gasteiger partial charge in [-0.3, -0.25) is 13.7 Å². The summed E-state index contributed by atoms with van der Waals surface area (Å²) >= 11 is 0. The van der Waals surface area contributed by atoms with E-state index in [1.54, 1.807) is 13.2 Å². The fraction of sp³-hybridized carbons (Fsp3) is 0.474. The van der Waals surface area contributed by atoms with Gasteiger partial charge in [0.25, 0.3) is 5.91 Å². The fourth-order valence-electron chi connectivity index (χ4n) is 3.09. The molecule has 0 radical (unpaired) electrons. The summed E-state index contributed by atoms with van der Waals surface area (Å²) in [6.07, 6.45) is 4.05. The molecule has 2 aromatic rings. The zero-order valence-electron chi connectivity index (χ0n) is 15.5. The number of nitrogens with zero attached hydrogens (tertiary/aromatic N) is 2. The molecule has 7 nitrogen and oxygen atoms in total. The molecule has 1 aliphatic rings. The third-order valence-electron chi connectivity index (χ3n) is 4.51. The average Bonchev–Trinajstić information content (AvgIpc) is 3.18. The molecule has 1 fully saturated rings. The lowest BCUT2D eigenvalue weighted by Crippen LogP contribution is -2.32. The number of carbonyl (C=O) groups is 1. The number of methoxy groups -OCH3 is 1. The monoisotopic (exact) mass is 390 g/mol. The number of hydrogen-bond donors (Lipinski definition) is 2. The number of hydrogen-bond acceptors (Lipinski definition) is 5. The first-order chi connectivity index (χ1) is 13.2. The van der Waals surface area contributed by atoms with Gasteiger partial charge in [-0.15, -0.1) is 0 Å². The summed E-state index contributed by atoms with van der Waals surface area (Å²) in [5.41, 5.74) is 1.99. The normalized spacial score (nSPS) is 18.2. The van der Waals surface area contributed by atoms with Crippen molar-refractivity contribution in [2.45, 2.75) is 24.6 Å². The molecule has 1 aromatic carbocycles. The Kier molecular flexibility index (Phi) is 7.14. The van der Waals surface area contributed by atoms with Crippen LogP contribution in [0.1, 0.15) is 34.9 Å². The zero-order chi connectivity index (χ0) is 19.1. The topological polar surface area (TPSA) is 85.2 Å². The predicted octanol–water partition coefficient (Wildman–Crippen LogP) is 1.95. The van der Waals surface area contributed by atoms with Crippen LogP contribution in [0.2, 0.25) is 0 Å². The summed E-state index contributed by atoms with van der Waals surface area (Å²) < 4.78 is 18.8.